The first kappa shape index (κ1) is 10.8. The van der Waals surface area contributed by atoms with E-state index in [0.29, 0.717) is 6.54 Å². The minimum Gasteiger partial charge on any atom is -0.478 e. The standard InChI is InChI=1S/C12H12N4O2/c1-15-8(5-13)6-16-10-4-7(11(17)18)2-3-9(10)14-12(15)16/h2-4,6H,5,13H2,1H3,(H,17,18). The smallest absolute Gasteiger partial charge is 0.335 e. The summed E-state index contributed by atoms with van der Waals surface area (Å²) in [5.41, 5.74) is 8.39. The highest BCUT2D eigenvalue weighted by Gasteiger charge is 2.12. The summed E-state index contributed by atoms with van der Waals surface area (Å²) in [6.45, 7) is 0.417. The average molecular weight is 244 g/mol. The van der Waals surface area contributed by atoms with E-state index in [1.54, 1.807) is 18.2 Å². The van der Waals surface area contributed by atoms with Crippen LogP contribution in [0.15, 0.2) is 24.4 Å². The Morgan fingerprint density at radius 3 is 2.94 bits per heavy atom. The van der Waals surface area contributed by atoms with Crippen LogP contribution >= 0.6 is 0 Å². The molecule has 0 fully saturated rings. The molecule has 3 rings (SSSR count). The lowest BCUT2D eigenvalue weighted by molar-refractivity contribution is 0.0697. The molecule has 18 heavy (non-hydrogen) atoms. The van der Waals surface area contributed by atoms with Crippen LogP contribution in [0.5, 0.6) is 0 Å². The van der Waals surface area contributed by atoms with Crippen LogP contribution in [0.4, 0.5) is 0 Å². The van der Waals surface area contributed by atoms with Crippen molar-refractivity contribution < 1.29 is 9.90 Å². The van der Waals surface area contributed by atoms with Gasteiger partial charge in [0.05, 0.1) is 22.3 Å². The second kappa shape index (κ2) is 3.58. The van der Waals surface area contributed by atoms with Crippen LogP contribution in [0.1, 0.15) is 16.1 Å². The summed E-state index contributed by atoms with van der Waals surface area (Å²) in [7, 11) is 1.89. The molecule has 0 spiro atoms. The third-order valence-electron chi connectivity index (χ3n) is 3.14. The maximum Gasteiger partial charge on any atom is 0.335 e. The van der Waals surface area contributed by atoms with E-state index in [9.17, 15) is 4.79 Å². The number of carbonyl (C=O) groups is 1. The minimum atomic E-state index is -0.943. The summed E-state index contributed by atoms with van der Waals surface area (Å²) in [4.78, 5) is 15.4. The van der Waals surface area contributed by atoms with Gasteiger partial charge < -0.3 is 15.4 Å². The van der Waals surface area contributed by atoms with Crippen LogP contribution in [-0.4, -0.2) is 25.0 Å². The van der Waals surface area contributed by atoms with Gasteiger partial charge in [0.15, 0.2) is 0 Å². The minimum absolute atomic E-state index is 0.252. The van der Waals surface area contributed by atoms with E-state index in [-0.39, 0.29) is 5.56 Å². The average Bonchev–Trinajstić information content (AvgIpc) is 2.86. The van der Waals surface area contributed by atoms with Gasteiger partial charge in [0.1, 0.15) is 0 Å². The Balaban J connectivity index is 2.38. The Labute approximate surface area is 102 Å². The van der Waals surface area contributed by atoms with Crippen molar-refractivity contribution in [2.24, 2.45) is 12.8 Å². The molecular formula is C12H12N4O2. The van der Waals surface area contributed by atoms with Crippen LogP contribution in [0.25, 0.3) is 16.8 Å². The fourth-order valence-electron chi connectivity index (χ4n) is 2.13. The molecule has 2 heterocycles. The Morgan fingerprint density at radius 1 is 1.50 bits per heavy atom. The molecule has 0 unspecified atom stereocenters. The van der Waals surface area contributed by atoms with E-state index in [2.05, 4.69) is 4.98 Å². The molecule has 0 radical (unpaired) electrons. The van der Waals surface area contributed by atoms with Crippen molar-refractivity contribution >= 4 is 22.8 Å². The van der Waals surface area contributed by atoms with E-state index in [0.717, 1.165) is 22.5 Å². The lowest BCUT2D eigenvalue weighted by Gasteiger charge is -1.96. The third-order valence-corrected chi connectivity index (χ3v) is 3.14. The van der Waals surface area contributed by atoms with E-state index < -0.39 is 5.97 Å². The second-order valence-corrected chi connectivity index (χ2v) is 4.17. The molecule has 0 saturated carbocycles. The number of aromatic carboxylic acids is 1. The molecular weight excluding hydrogens is 232 g/mol. The molecule has 6 heteroatoms. The number of benzene rings is 1. The zero-order valence-corrected chi connectivity index (χ0v) is 9.79. The van der Waals surface area contributed by atoms with Crippen LogP contribution in [0.2, 0.25) is 0 Å². The monoisotopic (exact) mass is 244 g/mol. The summed E-state index contributed by atoms with van der Waals surface area (Å²) in [5, 5.41) is 9.00. The summed E-state index contributed by atoms with van der Waals surface area (Å²) < 4.78 is 3.77. The van der Waals surface area contributed by atoms with E-state index in [1.165, 1.54) is 0 Å². The number of carboxylic acid groups (broad SMARTS) is 1. The SMILES string of the molecule is Cn1c(CN)cn2c3cc(C(=O)O)ccc3nc12. The molecule has 0 atom stereocenters. The zero-order valence-electron chi connectivity index (χ0n) is 9.79. The van der Waals surface area contributed by atoms with Crippen molar-refractivity contribution in [3.63, 3.8) is 0 Å². The number of hydrogen-bond donors (Lipinski definition) is 2. The van der Waals surface area contributed by atoms with Crippen molar-refractivity contribution in [3.8, 4) is 0 Å². The summed E-state index contributed by atoms with van der Waals surface area (Å²) >= 11 is 0. The molecule has 0 aliphatic rings. The van der Waals surface area contributed by atoms with Gasteiger partial charge in [-0.1, -0.05) is 0 Å². The highest BCUT2D eigenvalue weighted by atomic mass is 16.4. The Kier molecular flexibility index (Phi) is 2.14. The molecule has 3 aromatic rings. The fourth-order valence-corrected chi connectivity index (χ4v) is 2.13. The van der Waals surface area contributed by atoms with Gasteiger partial charge in [-0.3, -0.25) is 4.40 Å². The highest BCUT2D eigenvalue weighted by Crippen LogP contribution is 2.20. The van der Waals surface area contributed by atoms with Gasteiger partial charge >= 0.3 is 5.97 Å². The number of carboxylic acids is 1. The van der Waals surface area contributed by atoms with Gasteiger partial charge in [-0.05, 0) is 18.2 Å². The predicted octanol–water partition coefficient (Wildman–Crippen LogP) is 0.983. The van der Waals surface area contributed by atoms with Crippen molar-refractivity contribution in [1.29, 1.82) is 0 Å². The zero-order chi connectivity index (χ0) is 12.9. The molecule has 1 aromatic carbocycles. The lowest BCUT2D eigenvalue weighted by atomic mass is 10.2. The molecule has 3 N–H and O–H groups in total. The van der Waals surface area contributed by atoms with Gasteiger partial charge in [0, 0.05) is 19.8 Å². The number of nitrogens with two attached hydrogens (primary N) is 1. The van der Waals surface area contributed by atoms with E-state index >= 15 is 0 Å². The number of nitrogens with zero attached hydrogens (tertiary/aromatic N) is 3. The second-order valence-electron chi connectivity index (χ2n) is 4.17. The number of aryl methyl sites for hydroxylation is 1. The Morgan fingerprint density at radius 2 is 2.28 bits per heavy atom. The first-order valence-electron chi connectivity index (χ1n) is 5.51. The summed E-state index contributed by atoms with van der Waals surface area (Å²) in [6, 6.07) is 4.90. The Hall–Kier alpha value is -2.34. The number of aromatic nitrogens is 3. The molecule has 6 nitrogen and oxygen atoms in total. The van der Waals surface area contributed by atoms with Crippen molar-refractivity contribution in [1.82, 2.24) is 14.0 Å². The van der Waals surface area contributed by atoms with Crippen LogP contribution in [0, 0.1) is 0 Å². The Bertz CT molecular complexity index is 769. The number of imidazole rings is 2. The molecule has 0 bridgehead atoms. The molecule has 0 aliphatic carbocycles. The number of fused-ring (bicyclic) bond motifs is 3. The van der Waals surface area contributed by atoms with Gasteiger partial charge in [0.25, 0.3) is 0 Å². The topological polar surface area (TPSA) is 85.5 Å². The molecule has 0 saturated heterocycles. The molecule has 92 valence electrons. The van der Waals surface area contributed by atoms with E-state index in [4.69, 9.17) is 10.8 Å². The van der Waals surface area contributed by atoms with Gasteiger partial charge in [-0.15, -0.1) is 0 Å². The normalized spacial score (nSPS) is 11.4. The fraction of sp³-hybridized carbons (Fsp3) is 0.167. The lowest BCUT2D eigenvalue weighted by Crippen LogP contribution is -2.02. The summed E-state index contributed by atoms with van der Waals surface area (Å²) in [6.07, 6.45) is 1.89. The third kappa shape index (κ3) is 1.32. The largest absolute Gasteiger partial charge is 0.478 e. The molecule has 0 aliphatic heterocycles. The summed E-state index contributed by atoms with van der Waals surface area (Å²) in [5.74, 6) is -0.185. The van der Waals surface area contributed by atoms with E-state index in [1.807, 2.05) is 22.2 Å². The molecule has 2 aromatic heterocycles. The maximum atomic E-state index is 11.0. The van der Waals surface area contributed by atoms with Gasteiger partial charge in [-0.2, -0.15) is 0 Å². The van der Waals surface area contributed by atoms with Gasteiger partial charge in [-0.25, -0.2) is 9.78 Å². The molecule has 0 amide bonds. The van der Waals surface area contributed by atoms with Crippen molar-refractivity contribution in [2.45, 2.75) is 6.54 Å². The predicted molar refractivity (Wildman–Crippen MR) is 66.5 cm³/mol. The first-order valence-corrected chi connectivity index (χ1v) is 5.51. The maximum absolute atomic E-state index is 11.0. The van der Waals surface area contributed by atoms with Crippen LogP contribution in [0.3, 0.4) is 0 Å². The van der Waals surface area contributed by atoms with Crippen LogP contribution < -0.4 is 5.73 Å². The quantitative estimate of drug-likeness (QED) is 0.703. The first-order chi connectivity index (χ1) is 8.61. The van der Waals surface area contributed by atoms with Crippen molar-refractivity contribution in [3.05, 3.63) is 35.7 Å². The van der Waals surface area contributed by atoms with Crippen LogP contribution in [-0.2, 0) is 13.6 Å². The number of hydrogen-bond acceptors (Lipinski definition) is 3. The highest BCUT2D eigenvalue weighted by molar-refractivity contribution is 5.93. The van der Waals surface area contributed by atoms with Crippen molar-refractivity contribution in [2.75, 3.05) is 0 Å². The van der Waals surface area contributed by atoms with Gasteiger partial charge in [0.2, 0.25) is 5.78 Å². The number of rotatable bonds is 2.